The Morgan fingerprint density at radius 1 is 1.52 bits per heavy atom. The summed E-state index contributed by atoms with van der Waals surface area (Å²) in [7, 11) is 1.54. The molecule has 1 aliphatic rings. The van der Waals surface area contributed by atoms with Gasteiger partial charge in [0.1, 0.15) is 0 Å². The van der Waals surface area contributed by atoms with Gasteiger partial charge in [0, 0.05) is 13.6 Å². The molecular formula is C13H21N5O3. The van der Waals surface area contributed by atoms with Crippen LogP contribution in [0.4, 0.5) is 0 Å². The van der Waals surface area contributed by atoms with E-state index in [-0.39, 0.29) is 30.2 Å². The standard InChI is InChI=1S/C13H21N5O3/c1-3-7-18(8-10(19)14-2)13(20)11-16-12(21-17-11)9-5-4-6-15-9/h9,15H,3-8H2,1-2H3,(H,14,19). The molecule has 1 aromatic rings. The minimum atomic E-state index is -0.381. The molecule has 0 radical (unpaired) electrons. The predicted octanol–water partition coefficient (Wildman–Crippen LogP) is 0.0923. The summed E-state index contributed by atoms with van der Waals surface area (Å²) >= 11 is 0. The van der Waals surface area contributed by atoms with E-state index in [0.29, 0.717) is 12.4 Å². The number of amides is 2. The largest absolute Gasteiger partial charge is 0.358 e. The molecule has 8 nitrogen and oxygen atoms in total. The van der Waals surface area contributed by atoms with Gasteiger partial charge in [-0.25, -0.2) is 0 Å². The van der Waals surface area contributed by atoms with Gasteiger partial charge in [-0.1, -0.05) is 12.1 Å². The third kappa shape index (κ3) is 3.78. The quantitative estimate of drug-likeness (QED) is 0.771. The van der Waals surface area contributed by atoms with Crippen LogP contribution in [0.5, 0.6) is 0 Å². The number of rotatable bonds is 6. The van der Waals surface area contributed by atoms with E-state index in [4.69, 9.17) is 4.52 Å². The molecule has 116 valence electrons. The lowest BCUT2D eigenvalue weighted by Gasteiger charge is -2.19. The van der Waals surface area contributed by atoms with Gasteiger partial charge in [-0.3, -0.25) is 9.59 Å². The van der Waals surface area contributed by atoms with Gasteiger partial charge < -0.3 is 20.1 Å². The molecule has 2 N–H and O–H groups in total. The summed E-state index contributed by atoms with van der Waals surface area (Å²) in [6, 6.07) is 0.0256. The summed E-state index contributed by atoms with van der Waals surface area (Å²) in [6.45, 7) is 3.32. The topological polar surface area (TPSA) is 100 Å². The fourth-order valence-electron chi connectivity index (χ4n) is 2.28. The third-order valence-corrected chi connectivity index (χ3v) is 3.39. The van der Waals surface area contributed by atoms with Crippen LogP contribution in [0.1, 0.15) is 48.7 Å². The minimum Gasteiger partial charge on any atom is -0.358 e. The van der Waals surface area contributed by atoms with Crippen LogP contribution in [0.3, 0.4) is 0 Å². The Labute approximate surface area is 123 Å². The van der Waals surface area contributed by atoms with Crippen molar-refractivity contribution in [2.45, 2.75) is 32.2 Å². The molecule has 1 atom stereocenters. The lowest BCUT2D eigenvalue weighted by atomic mass is 10.2. The van der Waals surface area contributed by atoms with E-state index < -0.39 is 0 Å². The molecular weight excluding hydrogens is 274 g/mol. The fourth-order valence-corrected chi connectivity index (χ4v) is 2.28. The lowest BCUT2D eigenvalue weighted by Crippen LogP contribution is -2.40. The van der Waals surface area contributed by atoms with Crippen molar-refractivity contribution in [3.63, 3.8) is 0 Å². The Kier molecular flexibility index (Phi) is 5.26. The molecule has 0 spiro atoms. The molecule has 21 heavy (non-hydrogen) atoms. The second-order valence-corrected chi connectivity index (χ2v) is 5.01. The summed E-state index contributed by atoms with van der Waals surface area (Å²) in [5.41, 5.74) is 0. The van der Waals surface area contributed by atoms with E-state index in [2.05, 4.69) is 20.8 Å². The maximum Gasteiger partial charge on any atom is 0.295 e. The SMILES string of the molecule is CCCN(CC(=O)NC)C(=O)c1noc(C2CCCN2)n1. The number of carbonyl (C=O) groups is 2. The maximum absolute atomic E-state index is 12.4. The lowest BCUT2D eigenvalue weighted by molar-refractivity contribution is -0.121. The summed E-state index contributed by atoms with van der Waals surface area (Å²) in [4.78, 5) is 29.4. The number of hydrogen-bond acceptors (Lipinski definition) is 6. The van der Waals surface area contributed by atoms with Crippen molar-refractivity contribution in [2.75, 3.05) is 26.7 Å². The molecule has 2 amide bonds. The summed E-state index contributed by atoms with van der Waals surface area (Å²) in [5.74, 6) is -0.158. The fraction of sp³-hybridized carbons (Fsp3) is 0.692. The molecule has 0 aliphatic carbocycles. The van der Waals surface area contributed by atoms with E-state index in [1.54, 1.807) is 0 Å². The Hall–Kier alpha value is -1.96. The first-order valence-electron chi connectivity index (χ1n) is 7.22. The van der Waals surface area contributed by atoms with Crippen LogP contribution < -0.4 is 10.6 Å². The van der Waals surface area contributed by atoms with Gasteiger partial charge in [-0.15, -0.1) is 0 Å². The summed E-state index contributed by atoms with van der Waals surface area (Å²) in [5, 5.41) is 9.49. The van der Waals surface area contributed by atoms with Crippen LogP contribution in [0.25, 0.3) is 0 Å². The van der Waals surface area contributed by atoms with E-state index >= 15 is 0 Å². The molecule has 1 unspecified atom stereocenters. The molecule has 8 heteroatoms. The highest BCUT2D eigenvalue weighted by Crippen LogP contribution is 2.21. The van der Waals surface area contributed by atoms with Gasteiger partial charge >= 0.3 is 0 Å². The van der Waals surface area contributed by atoms with Crippen molar-refractivity contribution in [1.29, 1.82) is 0 Å². The van der Waals surface area contributed by atoms with Crippen LogP contribution in [-0.2, 0) is 4.79 Å². The number of nitrogens with one attached hydrogen (secondary N) is 2. The first-order valence-corrected chi connectivity index (χ1v) is 7.22. The molecule has 0 saturated carbocycles. The van der Waals surface area contributed by atoms with Crippen LogP contribution in [0.15, 0.2) is 4.52 Å². The normalized spacial score (nSPS) is 17.7. The molecule has 2 heterocycles. The average molecular weight is 295 g/mol. The molecule has 1 saturated heterocycles. The maximum atomic E-state index is 12.4. The molecule has 0 bridgehead atoms. The zero-order valence-corrected chi connectivity index (χ0v) is 12.4. The molecule has 0 aromatic carbocycles. The molecule has 1 aliphatic heterocycles. The number of aromatic nitrogens is 2. The number of likely N-dealkylation sites (N-methyl/N-ethyl adjacent to an activating group) is 1. The summed E-state index contributed by atoms with van der Waals surface area (Å²) < 4.78 is 5.16. The van der Waals surface area contributed by atoms with Gasteiger partial charge in [0.2, 0.25) is 11.8 Å². The predicted molar refractivity (Wildman–Crippen MR) is 74.5 cm³/mol. The minimum absolute atomic E-state index is 0.00523. The highest BCUT2D eigenvalue weighted by Gasteiger charge is 2.27. The van der Waals surface area contributed by atoms with Crippen molar-refractivity contribution in [2.24, 2.45) is 0 Å². The van der Waals surface area contributed by atoms with Crippen LogP contribution in [-0.4, -0.2) is 53.5 Å². The Morgan fingerprint density at radius 2 is 2.33 bits per heavy atom. The van der Waals surface area contributed by atoms with Crippen molar-refractivity contribution in [3.8, 4) is 0 Å². The second kappa shape index (κ2) is 7.16. The van der Waals surface area contributed by atoms with Crippen molar-refractivity contribution >= 4 is 11.8 Å². The highest BCUT2D eigenvalue weighted by atomic mass is 16.5. The van der Waals surface area contributed by atoms with E-state index in [1.165, 1.54) is 11.9 Å². The zero-order chi connectivity index (χ0) is 15.2. The van der Waals surface area contributed by atoms with Crippen molar-refractivity contribution in [1.82, 2.24) is 25.7 Å². The number of carbonyl (C=O) groups excluding carboxylic acids is 2. The highest BCUT2D eigenvalue weighted by molar-refractivity contribution is 5.93. The Morgan fingerprint density at radius 3 is 2.95 bits per heavy atom. The van der Waals surface area contributed by atoms with Crippen LogP contribution in [0.2, 0.25) is 0 Å². The van der Waals surface area contributed by atoms with Gasteiger partial charge in [0.05, 0.1) is 12.6 Å². The first-order chi connectivity index (χ1) is 10.2. The van der Waals surface area contributed by atoms with E-state index in [9.17, 15) is 9.59 Å². The van der Waals surface area contributed by atoms with E-state index in [0.717, 1.165) is 25.8 Å². The van der Waals surface area contributed by atoms with E-state index in [1.807, 2.05) is 6.92 Å². The second-order valence-electron chi connectivity index (χ2n) is 5.01. The monoisotopic (exact) mass is 295 g/mol. The smallest absolute Gasteiger partial charge is 0.295 e. The third-order valence-electron chi connectivity index (χ3n) is 3.39. The van der Waals surface area contributed by atoms with Gasteiger partial charge in [-0.2, -0.15) is 4.98 Å². The van der Waals surface area contributed by atoms with Crippen LogP contribution in [0, 0.1) is 0 Å². The average Bonchev–Trinajstić information content (AvgIpc) is 3.16. The molecule has 1 fully saturated rings. The van der Waals surface area contributed by atoms with Crippen LogP contribution >= 0.6 is 0 Å². The zero-order valence-electron chi connectivity index (χ0n) is 12.4. The Balaban J connectivity index is 2.06. The van der Waals surface area contributed by atoms with Gasteiger partial charge in [-0.05, 0) is 25.8 Å². The molecule has 2 rings (SSSR count). The van der Waals surface area contributed by atoms with Crippen molar-refractivity contribution < 1.29 is 14.1 Å². The Bertz CT molecular complexity index is 496. The van der Waals surface area contributed by atoms with Gasteiger partial charge in [0.15, 0.2) is 0 Å². The number of hydrogen-bond donors (Lipinski definition) is 2. The van der Waals surface area contributed by atoms with Gasteiger partial charge in [0.25, 0.3) is 11.7 Å². The van der Waals surface area contributed by atoms with Crippen molar-refractivity contribution in [3.05, 3.63) is 11.7 Å². The first kappa shape index (κ1) is 15.4. The number of nitrogens with zero attached hydrogens (tertiary/aromatic N) is 3. The summed E-state index contributed by atoms with van der Waals surface area (Å²) in [6.07, 6.45) is 2.72. The molecule has 1 aromatic heterocycles.